The fourth-order valence-electron chi connectivity index (χ4n) is 1.55. The highest BCUT2D eigenvalue weighted by Gasteiger charge is 2.21. The Morgan fingerprint density at radius 1 is 1.43 bits per heavy atom. The van der Waals surface area contributed by atoms with Crippen LogP contribution in [0.15, 0.2) is 12.1 Å². The predicted molar refractivity (Wildman–Crippen MR) is 71.8 cm³/mol. The molecule has 8 nitrogen and oxygen atoms in total. The number of nitro groups is 1. The molecule has 1 rings (SSSR count). The van der Waals surface area contributed by atoms with Crippen molar-refractivity contribution in [3.05, 3.63) is 33.6 Å². The highest BCUT2D eigenvalue weighted by Crippen LogP contribution is 2.27. The summed E-state index contributed by atoms with van der Waals surface area (Å²) in [6.45, 7) is 0.0592. The average molecular weight is 299 g/mol. The first-order chi connectivity index (χ1) is 9.73. The normalized spacial score (nSPS) is 10.0. The van der Waals surface area contributed by atoms with E-state index in [1.165, 1.54) is 4.90 Å². The quantitative estimate of drug-likeness (QED) is 0.605. The number of nitrogens with zero attached hydrogens (tertiary/aromatic N) is 2. The Hall–Kier alpha value is -2.71. The van der Waals surface area contributed by atoms with Crippen molar-refractivity contribution in [2.75, 3.05) is 26.0 Å². The lowest BCUT2D eigenvalue weighted by atomic mass is 10.1. The molecule has 0 unspecified atom stereocenters. The molecule has 0 aliphatic rings. The van der Waals surface area contributed by atoms with Gasteiger partial charge in [0, 0.05) is 39.2 Å². The van der Waals surface area contributed by atoms with Crippen LogP contribution in [0.5, 0.6) is 0 Å². The van der Waals surface area contributed by atoms with Crippen LogP contribution in [0.2, 0.25) is 0 Å². The molecule has 0 aliphatic heterocycles. The molecule has 0 spiro atoms. The molecule has 1 aromatic rings. The molecule has 0 saturated carbocycles. The number of carbonyl (C=O) groups is 2. The van der Waals surface area contributed by atoms with Gasteiger partial charge in [-0.25, -0.2) is 9.18 Å². The van der Waals surface area contributed by atoms with Crippen LogP contribution in [0.3, 0.4) is 0 Å². The van der Waals surface area contributed by atoms with Crippen molar-refractivity contribution in [2.24, 2.45) is 0 Å². The van der Waals surface area contributed by atoms with Crippen LogP contribution < -0.4 is 5.32 Å². The monoisotopic (exact) mass is 299 g/mol. The lowest BCUT2D eigenvalue weighted by Gasteiger charge is -2.11. The van der Waals surface area contributed by atoms with Crippen molar-refractivity contribution in [2.45, 2.75) is 6.42 Å². The third-order valence-electron chi connectivity index (χ3n) is 2.67. The Morgan fingerprint density at radius 3 is 2.52 bits per heavy atom. The summed E-state index contributed by atoms with van der Waals surface area (Å²) in [6, 6.07) is 1.38. The summed E-state index contributed by atoms with van der Waals surface area (Å²) in [5, 5.41) is 22.2. The molecule has 1 amide bonds. The molecule has 0 aliphatic carbocycles. The third kappa shape index (κ3) is 4.13. The van der Waals surface area contributed by atoms with E-state index >= 15 is 0 Å². The molecule has 0 fully saturated rings. The van der Waals surface area contributed by atoms with Crippen LogP contribution in [0.25, 0.3) is 0 Å². The van der Waals surface area contributed by atoms with Crippen LogP contribution in [-0.2, 0) is 4.79 Å². The second-order valence-electron chi connectivity index (χ2n) is 4.38. The van der Waals surface area contributed by atoms with Crippen LogP contribution in [-0.4, -0.2) is 47.4 Å². The summed E-state index contributed by atoms with van der Waals surface area (Å²) >= 11 is 0. The van der Waals surface area contributed by atoms with Gasteiger partial charge in [-0.2, -0.15) is 0 Å². The molecule has 0 atom stereocenters. The van der Waals surface area contributed by atoms with E-state index in [-0.39, 0.29) is 24.6 Å². The zero-order valence-corrected chi connectivity index (χ0v) is 11.4. The van der Waals surface area contributed by atoms with E-state index in [0.717, 1.165) is 6.07 Å². The van der Waals surface area contributed by atoms with Crippen molar-refractivity contribution in [1.82, 2.24) is 4.90 Å². The van der Waals surface area contributed by atoms with Gasteiger partial charge < -0.3 is 15.3 Å². The number of carboxylic acid groups (broad SMARTS) is 1. The van der Waals surface area contributed by atoms with E-state index in [1.807, 2.05) is 0 Å². The number of nitro benzene ring substituents is 1. The minimum Gasteiger partial charge on any atom is -0.478 e. The first-order valence-corrected chi connectivity index (χ1v) is 5.89. The zero-order valence-electron chi connectivity index (χ0n) is 11.4. The molecule has 9 heteroatoms. The van der Waals surface area contributed by atoms with Gasteiger partial charge in [-0.15, -0.1) is 0 Å². The van der Waals surface area contributed by atoms with Crippen LogP contribution in [0, 0.1) is 15.9 Å². The van der Waals surface area contributed by atoms with Gasteiger partial charge in [0.15, 0.2) is 0 Å². The minimum absolute atomic E-state index is 0.0592. The summed E-state index contributed by atoms with van der Waals surface area (Å²) in [7, 11) is 3.12. The van der Waals surface area contributed by atoms with Gasteiger partial charge >= 0.3 is 5.97 Å². The van der Waals surface area contributed by atoms with Gasteiger partial charge in [-0.3, -0.25) is 14.9 Å². The summed E-state index contributed by atoms with van der Waals surface area (Å²) in [5.41, 5.74) is -1.52. The topological polar surface area (TPSA) is 113 Å². The molecule has 114 valence electrons. The summed E-state index contributed by atoms with van der Waals surface area (Å²) in [6.07, 6.45) is 0.0620. The average Bonchev–Trinajstić information content (AvgIpc) is 2.37. The van der Waals surface area contributed by atoms with E-state index in [2.05, 4.69) is 5.32 Å². The number of rotatable bonds is 6. The number of amides is 1. The maximum Gasteiger partial charge on any atom is 0.338 e. The number of hydrogen-bond donors (Lipinski definition) is 2. The number of carbonyl (C=O) groups excluding carboxylic acids is 1. The number of carboxylic acids is 1. The van der Waals surface area contributed by atoms with Gasteiger partial charge in [-0.1, -0.05) is 0 Å². The van der Waals surface area contributed by atoms with Crippen molar-refractivity contribution in [3.8, 4) is 0 Å². The summed E-state index contributed by atoms with van der Waals surface area (Å²) in [4.78, 5) is 33.5. The Labute approximate surface area is 119 Å². The second kappa shape index (κ2) is 6.64. The van der Waals surface area contributed by atoms with Gasteiger partial charge in [0.1, 0.15) is 17.1 Å². The Morgan fingerprint density at radius 2 is 2.05 bits per heavy atom. The fourth-order valence-corrected chi connectivity index (χ4v) is 1.55. The van der Waals surface area contributed by atoms with Crippen molar-refractivity contribution in [3.63, 3.8) is 0 Å². The molecule has 0 aromatic heterocycles. The van der Waals surface area contributed by atoms with Crippen molar-refractivity contribution >= 4 is 23.3 Å². The molecule has 0 heterocycles. The Bertz CT molecular complexity index is 589. The molecular weight excluding hydrogens is 285 g/mol. The summed E-state index contributed by atoms with van der Waals surface area (Å²) in [5.74, 6) is -2.88. The Balaban J connectivity index is 2.96. The van der Waals surface area contributed by atoms with Gasteiger partial charge in [0.25, 0.3) is 5.69 Å². The molecule has 0 radical (unpaired) electrons. The largest absolute Gasteiger partial charge is 0.478 e. The standard InChI is InChI=1S/C12H14FN3O5/c1-15(2)11(17)3-4-14-9-6-8(13)7(12(18)19)5-10(9)16(20)21/h5-6,14H,3-4H2,1-2H3,(H,18,19). The summed E-state index contributed by atoms with van der Waals surface area (Å²) < 4.78 is 13.5. The number of hydrogen-bond acceptors (Lipinski definition) is 5. The third-order valence-corrected chi connectivity index (χ3v) is 2.67. The number of halogens is 1. The van der Waals surface area contributed by atoms with E-state index in [0.29, 0.717) is 6.07 Å². The number of aromatic carboxylic acids is 1. The van der Waals surface area contributed by atoms with Gasteiger partial charge in [0.05, 0.1) is 4.92 Å². The van der Waals surface area contributed by atoms with Crippen LogP contribution in [0.4, 0.5) is 15.8 Å². The van der Waals surface area contributed by atoms with E-state index in [4.69, 9.17) is 5.11 Å². The van der Waals surface area contributed by atoms with E-state index in [1.54, 1.807) is 14.1 Å². The van der Waals surface area contributed by atoms with E-state index < -0.39 is 28.0 Å². The lowest BCUT2D eigenvalue weighted by molar-refractivity contribution is -0.384. The number of nitrogens with one attached hydrogen (secondary N) is 1. The fraction of sp³-hybridized carbons (Fsp3) is 0.333. The van der Waals surface area contributed by atoms with Crippen molar-refractivity contribution in [1.29, 1.82) is 0 Å². The van der Waals surface area contributed by atoms with E-state index in [9.17, 15) is 24.1 Å². The highest BCUT2D eigenvalue weighted by atomic mass is 19.1. The molecule has 2 N–H and O–H groups in total. The van der Waals surface area contributed by atoms with Gasteiger partial charge in [0.2, 0.25) is 5.91 Å². The smallest absolute Gasteiger partial charge is 0.338 e. The molecule has 21 heavy (non-hydrogen) atoms. The molecular formula is C12H14FN3O5. The molecule has 1 aromatic carbocycles. The zero-order chi connectivity index (χ0) is 16.2. The molecule has 0 saturated heterocycles. The lowest BCUT2D eigenvalue weighted by Crippen LogP contribution is -2.24. The number of anilines is 1. The second-order valence-corrected chi connectivity index (χ2v) is 4.38. The highest BCUT2D eigenvalue weighted by molar-refractivity contribution is 5.90. The SMILES string of the molecule is CN(C)C(=O)CCNc1cc(F)c(C(=O)O)cc1[N+](=O)[O-]. The van der Waals surface area contributed by atoms with Crippen LogP contribution in [0.1, 0.15) is 16.8 Å². The predicted octanol–water partition coefficient (Wildman–Crippen LogP) is 1.32. The maximum absolute atomic E-state index is 13.5. The Kier molecular flexibility index (Phi) is 5.17. The minimum atomic E-state index is -1.59. The first-order valence-electron chi connectivity index (χ1n) is 5.89. The maximum atomic E-state index is 13.5. The van der Waals surface area contributed by atoms with Gasteiger partial charge in [-0.05, 0) is 0 Å². The first kappa shape index (κ1) is 16.3. The van der Waals surface area contributed by atoms with Crippen molar-refractivity contribution < 1.29 is 24.0 Å². The van der Waals surface area contributed by atoms with Crippen LogP contribution >= 0.6 is 0 Å². The molecule has 0 bridgehead atoms. The number of benzene rings is 1.